The van der Waals surface area contributed by atoms with Crippen LogP contribution in [0.25, 0.3) is 0 Å². The first kappa shape index (κ1) is 11.3. The van der Waals surface area contributed by atoms with Crippen molar-refractivity contribution in [3.05, 3.63) is 11.8 Å². The third-order valence-corrected chi connectivity index (χ3v) is 3.48. The number of aldehydes is 1. The van der Waals surface area contributed by atoms with Crippen LogP contribution in [0.1, 0.15) is 34.1 Å². The van der Waals surface area contributed by atoms with E-state index in [2.05, 4.69) is 31.9 Å². The fourth-order valence-electron chi connectivity index (χ4n) is 1.84. The van der Waals surface area contributed by atoms with Gasteiger partial charge in [0.15, 0.2) is 0 Å². The van der Waals surface area contributed by atoms with Gasteiger partial charge in [-0.3, -0.25) is 0 Å². The first-order valence-corrected chi connectivity index (χ1v) is 5.30. The molecule has 1 unspecified atom stereocenters. The molecule has 1 rings (SSSR count). The summed E-state index contributed by atoms with van der Waals surface area (Å²) in [5.74, 6) is 0. The van der Waals surface area contributed by atoms with Gasteiger partial charge in [-0.05, 0) is 13.3 Å². The summed E-state index contributed by atoms with van der Waals surface area (Å²) in [6.45, 7) is 9.38. The van der Waals surface area contributed by atoms with E-state index in [1.807, 2.05) is 13.8 Å². The highest BCUT2D eigenvalue weighted by Crippen LogP contribution is 2.56. The molecule has 80 valence electrons. The van der Waals surface area contributed by atoms with Gasteiger partial charge in [0.2, 0.25) is 0 Å². The molecule has 0 fully saturated rings. The molecule has 0 aromatic rings. The van der Waals surface area contributed by atoms with Crippen molar-refractivity contribution in [2.24, 2.45) is 10.8 Å². The fraction of sp³-hybridized carbons (Fsp3) is 0.750. The summed E-state index contributed by atoms with van der Waals surface area (Å²) < 4.78 is 0. The number of allylic oxidation sites excluding steroid dienone is 2. The summed E-state index contributed by atoms with van der Waals surface area (Å²) in [6.07, 6.45) is 4.42. The Hall–Kier alpha value is -0.790. The highest BCUT2D eigenvalue weighted by Gasteiger charge is 2.52. The number of carbonyl (C=O) groups excluding carboxylic acids is 1. The van der Waals surface area contributed by atoms with Crippen LogP contribution in [0.3, 0.4) is 0 Å². The normalized spacial score (nSPS) is 25.6. The van der Waals surface area contributed by atoms with Crippen LogP contribution in [-0.2, 0) is 4.79 Å². The summed E-state index contributed by atoms with van der Waals surface area (Å²) >= 11 is 0. The monoisotopic (exact) mass is 195 g/mol. The van der Waals surface area contributed by atoms with Crippen LogP contribution >= 0.6 is 0 Å². The van der Waals surface area contributed by atoms with E-state index in [-0.39, 0.29) is 10.8 Å². The average molecular weight is 195 g/mol. The van der Waals surface area contributed by atoms with Gasteiger partial charge in [-0.2, -0.15) is 0 Å². The Morgan fingerprint density at radius 1 is 1.57 bits per heavy atom. The topological polar surface area (TPSA) is 20.3 Å². The van der Waals surface area contributed by atoms with Gasteiger partial charge in [-0.25, -0.2) is 0 Å². The second-order valence-corrected chi connectivity index (χ2v) is 4.99. The summed E-state index contributed by atoms with van der Waals surface area (Å²) in [5.41, 5.74) is 1.03. The standard InChI is InChI=1S/C12H21NO/c1-6-7-13(5)10-8-12(10,4)11(2,3)9-14/h8-9H,6-7H2,1-5H3. The van der Waals surface area contributed by atoms with Crippen LogP contribution in [0.15, 0.2) is 11.8 Å². The molecular formula is C12H21NO. The Bertz CT molecular complexity index is 267. The molecule has 0 N–H and O–H groups in total. The van der Waals surface area contributed by atoms with Crippen LogP contribution in [0, 0.1) is 10.8 Å². The largest absolute Gasteiger partial charge is 0.377 e. The molecular weight excluding hydrogens is 174 g/mol. The highest BCUT2D eigenvalue weighted by atomic mass is 16.1. The van der Waals surface area contributed by atoms with Gasteiger partial charge in [0.25, 0.3) is 0 Å². The van der Waals surface area contributed by atoms with Crippen molar-refractivity contribution in [1.29, 1.82) is 0 Å². The van der Waals surface area contributed by atoms with Crippen LogP contribution < -0.4 is 0 Å². The molecule has 2 heteroatoms. The summed E-state index contributed by atoms with van der Waals surface area (Å²) in [7, 11) is 2.10. The molecule has 0 saturated carbocycles. The van der Waals surface area contributed by atoms with Gasteiger partial charge in [0.1, 0.15) is 6.29 Å². The van der Waals surface area contributed by atoms with Gasteiger partial charge in [0, 0.05) is 30.1 Å². The lowest BCUT2D eigenvalue weighted by Crippen LogP contribution is -2.31. The summed E-state index contributed by atoms with van der Waals surface area (Å²) in [4.78, 5) is 13.2. The second kappa shape index (κ2) is 3.41. The van der Waals surface area contributed by atoms with Crippen molar-refractivity contribution in [1.82, 2.24) is 4.90 Å². The third kappa shape index (κ3) is 1.58. The molecule has 0 aromatic heterocycles. The van der Waals surface area contributed by atoms with Crippen LogP contribution in [0.4, 0.5) is 0 Å². The molecule has 0 bridgehead atoms. The minimum Gasteiger partial charge on any atom is -0.377 e. The maximum absolute atomic E-state index is 11.0. The maximum atomic E-state index is 11.0. The van der Waals surface area contributed by atoms with Gasteiger partial charge in [-0.1, -0.05) is 26.8 Å². The van der Waals surface area contributed by atoms with Crippen molar-refractivity contribution in [2.75, 3.05) is 13.6 Å². The number of carbonyl (C=O) groups is 1. The lowest BCUT2D eigenvalue weighted by molar-refractivity contribution is -0.117. The quantitative estimate of drug-likeness (QED) is 0.628. The van der Waals surface area contributed by atoms with E-state index >= 15 is 0 Å². The smallest absolute Gasteiger partial charge is 0.126 e. The molecule has 0 saturated heterocycles. The van der Waals surface area contributed by atoms with Crippen molar-refractivity contribution in [2.45, 2.75) is 34.1 Å². The Labute approximate surface area is 87.0 Å². The number of hydrogen-bond acceptors (Lipinski definition) is 2. The van der Waals surface area contributed by atoms with Crippen molar-refractivity contribution < 1.29 is 4.79 Å². The second-order valence-electron chi connectivity index (χ2n) is 4.99. The third-order valence-electron chi connectivity index (χ3n) is 3.48. The fourth-order valence-corrected chi connectivity index (χ4v) is 1.84. The molecule has 0 heterocycles. The minimum absolute atomic E-state index is 0.0152. The lowest BCUT2D eigenvalue weighted by atomic mass is 9.76. The maximum Gasteiger partial charge on any atom is 0.126 e. The zero-order valence-corrected chi connectivity index (χ0v) is 9.92. The Kier molecular flexibility index (Phi) is 2.75. The van der Waals surface area contributed by atoms with E-state index in [1.54, 1.807) is 0 Å². The molecule has 1 aliphatic carbocycles. The summed E-state index contributed by atoms with van der Waals surface area (Å²) in [5, 5.41) is 0. The number of rotatable bonds is 5. The number of nitrogens with zero attached hydrogens (tertiary/aromatic N) is 1. The molecule has 2 nitrogen and oxygen atoms in total. The molecule has 0 aliphatic heterocycles. The number of hydrogen-bond donors (Lipinski definition) is 0. The molecule has 14 heavy (non-hydrogen) atoms. The first-order valence-electron chi connectivity index (χ1n) is 5.30. The van der Waals surface area contributed by atoms with Gasteiger partial charge < -0.3 is 9.69 Å². The zero-order valence-electron chi connectivity index (χ0n) is 9.92. The van der Waals surface area contributed by atoms with Gasteiger partial charge >= 0.3 is 0 Å². The van der Waals surface area contributed by atoms with Crippen LogP contribution in [0.2, 0.25) is 0 Å². The Morgan fingerprint density at radius 2 is 2.14 bits per heavy atom. The Morgan fingerprint density at radius 3 is 2.57 bits per heavy atom. The zero-order chi connectivity index (χ0) is 11.0. The van der Waals surface area contributed by atoms with Crippen LogP contribution in [-0.4, -0.2) is 24.8 Å². The molecule has 0 spiro atoms. The molecule has 0 amide bonds. The predicted octanol–water partition coefficient (Wildman–Crippen LogP) is 2.46. The van der Waals surface area contributed by atoms with Crippen molar-refractivity contribution in [3.8, 4) is 0 Å². The van der Waals surface area contributed by atoms with Crippen molar-refractivity contribution >= 4 is 6.29 Å². The minimum atomic E-state index is -0.273. The van der Waals surface area contributed by atoms with Gasteiger partial charge in [0.05, 0.1) is 0 Å². The van der Waals surface area contributed by atoms with E-state index in [1.165, 1.54) is 5.70 Å². The molecule has 1 aliphatic rings. The van der Waals surface area contributed by atoms with Gasteiger partial charge in [-0.15, -0.1) is 0 Å². The highest BCUT2D eigenvalue weighted by molar-refractivity contribution is 5.65. The predicted molar refractivity (Wildman–Crippen MR) is 59.0 cm³/mol. The first-order chi connectivity index (χ1) is 6.39. The van der Waals surface area contributed by atoms with E-state index in [4.69, 9.17) is 0 Å². The van der Waals surface area contributed by atoms with E-state index < -0.39 is 0 Å². The molecule has 1 atom stereocenters. The SMILES string of the molecule is CCCN(C)C1=CC1(C)C(C)(C)C=O. The van der Waals surface area contributed by atoms with Crippen molar-refractivity contribution in [3.63, 3.8) is 0 Å². The Balaban J connectivity index is 2.65. The lowest BCUT2D eigenvalue weighted by Gasteiger charge is -2.31. The molecule has 0 aromatic carbocycles. The van der Waals surface area contributed by atoms with E-state index in [9.17, 15) is 4.79 Å². The summed E-state index contributed by atoms with van der Waals surface area (Å²) in [6, 6.07) is 0. The van der Waals surface area contributed by atoms with Crippen LogP contribution in [0.5, 0.6) is 0 Å². The average Bonchev–Trinajstić information content (AvgIpc) is 2.81. The van der Waals surface area contributed by atoms with E-state index in [0.29, 0.717) is 0 Å². The van der Waals surface area contributed by atoms with E-state index in [0.717, 1.165) is 19.3 Å². The molecule has 0 radical (unpaired) electrons.